The highest BCUT2D eigenvalue weighted by molar-refractivity contribution is 5.82. The maximum atomic E-state index is 13.6. The summed E-state index contributed by atoms with van der Waals surface area (Å²) in [5.41, 5.74) is -1.31. The monoisotopic (exact) mass is 521 g/mol. The van der Waals surface area contributed by atoms with Crippen molar-refractivity contribution in [3.8, 4) is 0 Å². The number of piperidine rings is 3. The van der Waals surface area contributed by atoms with Crippen molar-refractivity contribution in [2.45, 2.75) is 43.9 Å². The van der Waals surface area contributed by atoms with Gasteiger partial charge in [0.15, 0.2) is 0 Å². The Morgan fingerprint density at radius 1 is 1.03 bits per heavy atom. The van der Waals surface area contributed by atoms with Gasteiger partial charge in [-0.05, 0) is 41.8 Å². The van der Waals surface area contributed by atoms with E-state index >= 15 is 0 Å². The first-order valence-electron chi connectivity index (χ1n) is 12.2. The number of halogens is 6. The normalized spacial score (nSPS) is 26.8. The number of pyridine rings is 1. The van der Waals surface area contributed by atoms with Crippen molar-refractivity contribution in [1.82, 2.24) is 4.98 Å². The smallest absolute Gasteiger partial charge is 0.382 e. The Labute approximate surface area is 210 Å². The molecule has 3 nitrogen and oxygen atoms in total. The maximum absolute atomic E-state index is 13.6. The summed E-state index contributed by atoms with van der Waals surface area (Å²) in [5.74, 6) is 0.316. The lowest BCUT2D eigenvalue weighted by atomic mass is 9.71. The Bertz CT molecular complexity index is 1280. The summed E-state index contributed by atoms with van der Waals surface area (Å²) in [7, 11) is 0. The Morgan fingerprint density at radius 3 is 2.35 bits per heavy atom. The van der Waals surface area contributed by atoms with Gasteiger partial charge < -0.3 is 9.59 Å². The molecule has 0 aliphatic carbocycles. The number of aromatic nitrogens is 1. The van der Waals surface area contributed by atoms with Crippen molar-refractivity contribution in [1.29, 1.82) is 0 Å². The zero-order chi connectivity index (χ0) is 26.6. The first-order chi connectivity index (χ1) is 17.4. The van der Waals surface area contributed by atoms with Crippen LogP contribution in [0.3, 0.4) is 0 Å². The molecule has 2 aromatic carbocycles. The SMILES string of the molecule is C=C[C@H]1C[N@+]2(Cc3cc(C(F)(F)F)cc(C(F)(F)F)c3)CC[C@H]1C[C@@H]2C(O)c1ccnc2ccccc12. The third-order valence-electron chi connectivity index (χ3n) is 8.19. The molecule has 0 amide bonds. The van der Waals surface area contributed by atoms with E-state index in [9.17, 15) is 31.4 Å². The summed E-state index contributed by atoms with van der Waals surface area (Å²) in [6.45, 7) is 4.93. The van der Waals surface area contributed by atoms with Crippen LogP contribution in [0.25, 0.3) is 10.9 Å². The van der Waals surface area contributed by atoms with Gasteiger partial charge in [0.1, 0.15) is 18.7 Å². The second-order valence-electron chi connectivity index (χ2n) is 10.3. The molecule has 6 rings (SSSR count). The molecule has 2 bridgehead atoms. The summed E-state index contributed by atoms with van der Waals surface area (Å²) < 4.78 is 81.6. The molecule has 3 fully saturated rings. The van der Waals surface area contributed by atoms with Crippen LogP contribution >= 0.6 is 0 Å². The number of alkyl halides is 6. The summed E-state index contributed by atoms with van der Waals surface area (Å²) in [4.78, 5) is 4.35. The molecule has 1 N–H and O–H groups in total. The lowest BCUT2D eigenvalue weighted by molar-refractivity contribution is -0.984. The molecule has 3 aromatic rings. The van der Waals surface area contributed by atoms with Crippen LogP contribution < -0.4 is 0 Å². The molecule has 196 valence electrons. The molecule has 1 unspecified atom stereocenters. The number of aliphatic hydroxyl groups excluding tert-OH is 1. The average molecular weight is 522 g/mol. The molecule has 5 atom stereocenters. The minimum Gasteiger partial charge on any atom is -0.382 e. The van der Waals surface area contributed by atoms with E-state index in [2.05, 4.69) is 11.6 Å². The van der Waals surface area contributed by atoms with E-state index < -0.39 is 35.6 Å². The van der Waals surface area contributed by atoms with Crippen LogP contribution in [0.4, 0.5) is 26.3 Å². The van der Waals surface area contributed by atoms with Crippen molar-refractivity contribution < 1.29 is 35.9 Å². The van der Waals surface area contributed by atoms with Crippen LogP contribution in [-0.4, -0.2) is 33.7 Å². The lowest BCUT2D eigenvalue weighted by Gasteiger charge is -2.58. The average Bonchev–Trinajstić information content (AvgIpc) is 2.86. The first kappa shape index (κ1) is 25.7. The van der Waals surface area contributed by atoms with Crippen LogP contribution in [0.1, 0.15) is 41.2 Å². The molecule has 4 heterocycles. The van der Waals surface area contributed by atoms with E-state index in [1.54, 1.807) is 12.3 Å². The molecule has 3 saturated heterocycles. The summed E-state index contributed by atoms with van der Waals surface area (Å²) in [6.07, 6.45) is -5.99. The molecule has 0 saturated carbocycles. The van der Waals surface area contributed by atoms with Gasteiger partial charge in [0.25, 0.3) is 0 Å². The van der Waals surface area contributed by atoms with Crippen molar-refractivity contribution >= 4 is 10.9 Å². The minimum atomic E-state index is -4.91. The fourth-order valence-corrected chi connectivity index (χ4v) is 6.44. The van der Waals surface area contributed by atoms with E-state index in [1.807, 2.05) is 30.3 Å². The zero-order valence-corrected chi connectivity index (χ0v) is 19.9. The van der Waals surface area contributed by atoms with Gasteiger partial charge in [-0.25, -0.2) is 0 Å². The van der Waals surface area contributed by atoms with Gasteiger partial charge in [0, 0.05) is 35.9 Å². The number of benzene rings is 2. The number of rotatable bonds is 5. The molecule has 0 spiro atoms. The largest absolute Gasteiger partial charge is 0.416 e. The van der Waals surface area contributed by atoms with Crippen molar-refractivity contribution in [2.24, 2.45) is 11.8 Å². The van der Waals surface area contributed by atoms with Crippen molar-refractivity contribution in [2.75, 3.05) is 13.1 Å². The maximum Gasteiger partial charge on any atom is 0.416 e. The van der Waals surface area contributed by atoms with Crippen molar-refractivity contribution in [3.63, 3.8) is 0 Å². The van der Waals surface area contributed by atoms with Gasteiger partial charge in [-0.3, -0.25) is 4.98 Å². The Hall–Kier alpha value is -2.91. The fourth-order valence-electron chi connectivity index (χ4n) is 6.44. The van der Waals surface area contributed by atoms with E-state index in [0.717, 1.165) is 23.9 Å². The highest BCUT2D eigenvalue weighted by Crippen LogP contribution is 2.48. The van der Waals surface area contributed by atoms with Crippen LogP contribution in [0.15, 0.2) is 67.4 Å². The molecule has 9 heteroatoms. The van der Waals surface area contributed by atoms with Crippen LogP contribution in [-0.2, 0) is 18.9 Å². The quantitative estimate of drug-likeness (QED) is 0.225. The number of nitrogens with zero attached hydrogens (tertiary/aromatic N) is 2. The number of hydrogen-bond acceptors (Lipinski definition) is 2. The summed E-state index contributed by atoms with van der Waals surface area (Å²) >= 11 is 0. The van der Waals surface area contributed by atoms with Gasteiger partial charge in [-0.15, -0.1) is 6.58 Å². The number of quaternary nitrogens is 1. The minimum absolute atomic E-state index is 0.0397. The lowest BCUT2D eigenvalue weighted by Crippen LogP contribution is -2.67. The zero-order valence-electron chi connectivity index (χ0n) is 19.9. The van der Waals surface area contributed by atoms with Crippen molar-refractivity contribution in [3.05, 3.63) is 89.6 Å². The molecule has 3 aliphatic heterocycles. The highest BCUT2D eigenvalue weighted by Gasteiger charge is 2.54. The third kappa shape index (κ3) is 4.75. The van der Waals surface area contributed by atoms with Gasteiger partial charge in [-0.2, -0.15) is 26.3 Å². The summed E-state index contributed by atoms with van der Waals surface area (Å²) in [6, 6.07) is 10.5. The number of fused-ring (bicyclic) bond motifs is 4. The number of hydrogen-bond donors (Lipinski definition) is 1. The number of aliphatic hydroxyl groups is 1. The highest BCUT2D eigenvalue weighted by atomic mass is 19.4. The second kappa shape index (κ2) is 9.13. The van der Waals surface area contributed by atoms with E-state index in [1.165, 1.54) is 0 Å². The van der Waals surface area contributed by atoms with Gasteiger partial charge in [0.2, 0.25) is 0 Å². The van der Waals surface area contributed by atoms with Gasteiger partial charge in [0.05, 0.1) is 29.7 Å². The van der Waals surface area contributed by atoms with Crippen LogP contribution in [0.2, 0.25) is 0 Å². The predicted molar refractivity (Wildman–Crippen MR) is 127 cm³/mol. The van der Waals surface area contributed by atoms with E-state index in [4.69, 9.17) is 0 Å². The molecule has 1 aromatic heterocycles. The molecule has 3 aliphatic rings. The van der Waals surface area contributed by atoms with E-state index in [0.29, 0.717) is 30.6 Å². The van der Waals surface area contributed by atoms with Gasteiger partial charge >= 0.3 is 12.4 Å². The second-order valence-corrected chi connectivity index (χ2v) is 10.3. The Morgan fingerprint density at radius 2 is 1.70 bits per heavy atom. The van der Waals surface area contributed by atoms with E-state index in [-0.39, 0.29) is 34.5 Å². The predicted octanol–water partition coefficient (Wildman–Crippen LogP) is 6.92. The molecular weight excluding hydrogens is 494 g/mol. The molecule has 37 heavy (non-hydrogen) atoms. The summed E-state index contributed by atoms with van der Waals surface area (Å²) in [5, 5.41) is 12.5. The standard InChI is InChI=1S/C28H27F6N2O/c1-2-18-16-36(15-17-11-20(27(29,30)31)14-21(12-17)28(32,33)34)10-8-19(18)13-25(36)26(37)23-7-9-35-24-6-4-3-5-22(23)24/h2-7,9,11-12,14,18-19,25-26,37H,1,8,10,13,15-16H2/q+1/t18-,19-,25+,26?,36+/m0/s1. The van der Waals surface area contributed by atoms with Crippen LogP contribution in [0, 0.1) is 11.8 Å². The molecular formula is C28H27F6N2O+. The molecule has 0 radical (unpaired) electrons. The third-order valence-corrected chi connectivity index (χ3v) is 8.19. The Balaban J connectivity index is 1.59. The number of para-hydroxylation sites is 1. The topological polar surface area (TPSA) is 33.1 Å². The van der Waals surface area contributed by atoms with Crippen LogP contribution in [0.5, 0.6) is 0 Å². The first-order valence-corrected chi connectivity index (χ1v) is 12.2. The Kier molecular flexibility index (Phi) is 6.35. The fraction of sp³-hybridized carbons (Fsp3) is 0.393. The van der Waals surface area contributed by atoms with Gasteiger partial charge in [-0.1, -0.05) is 24.3 Å².